The van der Waals surface area contributed by atoms with Crippen molar-refractivity contribution in [3.05, 3.63) is 18.2 Å². The molecule has 24 heavy (non-hydrogen) atoms. The van der Waals surface area contributed by atoms with Gasteiger partial charge in [-0.15, -0.1) is 9.24 Å². The molecule has 1 saturated carbocycles. The van der Waals surface area contributed by atoms with Gasteiger partial charge in [0.2, 0.25) is 5.54 Å². The first-order valence-corrected chi connectivity index (χ1v) is 8.92. The highest BCUT2D eigenvalue weighted by Crippen LogP contribution is 2.49. The molecule has 2 unspecified atom stereocenters. The number of carbonyl (C=O) groups excluding carboxylic acids is 1. The summed E-state index contributed by atoms with van der Waals surface area (Å²) in [5, 5.41) is 3.31. The highest BCUT2D eigenvalue weighted by molar-refractivity contribution is 7.27. The predicted octanol–water partition coefficient (Wildman–Crippen LogP) is 3.85. The fourth-order valence-corrected chi connectivity index (χ4v) is 3.60. The van der Waals surface area contributed by atoms with Crippen molar-refractivity contribution in [1.82, 2.24) is 0 Å². The molecule has 3 nitrogen and oxygen atoms in total. The second kappa shape index (κ2) is 6.21. The Morgan fingerprint density at radius 2 is 2.08 bits per heavy atom. The Morgan fingerprint density at radius 3 is 2.67 bits per heavy atom. The molecule has 0 bridgehead atoms. The number of halogens is 3. The molecule has 7 heteroatoms. The van der Waals surface area contributed by atoms with E-state index in [4.69, 9.17) is 0 Å². The lowest BCUT2D eigenvalue weighted by Gasteiger charge is -2.48. The number of benzene rings is 1. The maximum absolute atomic E-state index is 14.2. The number of amides is 1. The Balaban J connectivity index is 2.14. The summed E-state index contributed by atoms with van der Waals surface area (Å²) in [5.41, 5.74) is -1.54. The van der Waals surface area contributed by atoms with E-state index in [0.717, 1.165) is 18.1 Å². The molecule has 1 aliphatic carbocycles. The molecule has 1 N–H and O–H groups in total. The largest absolute Gasteiger partial charge is 0.420 e. The molecule has 2 atom stereocenters. The quantitative estimate of drug-likeness (QED) is 0.811. The molecule has 3 rings (SSSR count). The SMILES string of the molecule is CCCCC1(C(F)(F)F)C(=O)Nc2ccc(P)cc2N1CC1CC1. The number of unbranched alkanes of at least 4 members (excludes halogenated alkanes) is 1. The van der Waals surface area contributed by atoms with E-state index in [1.165, 1.54) is 4.90 Å². The molecule has 1 fully saturated rings. The number of hydrogen-bond donors (Lipinski definition) is 1. The second-order valence-electron chi connectivity index (χ2n) is 6.75. The zero-order valence-corrected chi connectivity index (χ0v) is 14.8. The smallest absolute Gasteiger partial charge is 0.348 e. The van der Waals surface area contributed by atoms with Crippen LogP contribution in [0.5, 0.6) is 0 Å². The van der Waals surface area contributed by atoms with Crippen LogP contribution in [0.25, 0.3) is 0 Å². The Labute approximate surface area is 142 Å². The van der Waals surface area contributed by atoms with Crippen molar-refractivity contribution in [3.8, 4) is 0 Å². The standard InChI is InChI=1S/C17H22F3N2OP/c1-2-3-8-16(17(18,19)20)15(23)21-13-7-6-12(24)9-14(13)22(16)10-11-4-5-11/h6-7,9,11H,2-5,8,10,24H2,1H3,(H,21,23). The minimum atomic E-state index is -4.63. The number of nitrogens with one attached hydrogen (secondary N) is 1. The average Bonchev–Trinajstić information content (AvgIpc) is 3.30. The van der Waals surface area contributed by atoms with Crippen molar-refractivity contribution in [1.29, 1.82) is 0 Å². The van der Waals surface area contributed by atoms with E-state index in [-0.39, 0.29) is 18.9 Å². The molecule has 0 aromatic heterocycles. The molecule has 1 aromatic carbocycles. The molecule has 132 valence electrons. The molecule has 0 radical (unpaired) electrons. The van der Waals surface area contributed by atoms with Crippen LogP contribution in [0.3, 0.4) is 0 Å². The third-order valence-electron chi connectivity index (χ3n) is 4.90. The summed E-state index contributed by atoms with van der Waals surface area (Å²) >= 11 is 0. The van der Waals surface area contributed by atoms with Crippen molar-refractivity contribution >= 4 is 31.8 Å². The third-order valence-corrected chi connectivity index (χ3v) is 5.26. The van der Waals surface area contributed by atoms with E-state index < -0.39 is 17.6 Å². The van der Waals surface area contributed by atoms with E-state index >= 15 is 0 Å². The highest BCUT2D eigenvalue weighted by Gasteiger charge is 2.65. The summed E-state index contributed by atoms with van der Waals surface area (Å²) in [6.45, 7) is 2.11. The molecule has 2 aliphatic rings. The minimum Gasteiger partial charge on any atom is -0.348 e. The molecule has 1 aliphatic heterocycles. The third kappa shape index (κ3) is 2.90. The van der Waals surface area contributed by atoms with Crippen LogP contribution in [-0.4, -0.2) is 24.2 Å². The maximum atomic E-state index is 14.2. The monoisotopic (exact) mass is 358 g/mol. The molecular weight excluding hydrogens is 336 g/mol. The minimum absolute atomic E-state index is 0.216. The van der Waals surface area contributed by atoms with Gasteiger partial charge in [0.15, 0.2) is 0 Å². The van der Waals surface area contributed by atoms with Crippen LogP contribution in [-0.2, 0) is 4.79 Å². The molecule has 1 amide bonds. The van der Waals surface area contributed by atoms with Crippen molar-refractivity contribution in [2.24, 2.45) is 5.92 Å². The van der Waals surface area contributed by atoms with Crippen LogP contribution in [0.4, 0.5) is 24.5 Å². The number of carbonyl (C=O) groups is 1. The van der Waals surface area contributed by atoms with Gasteiger partial charge in [-0.3, -0.25) is 4.79 Å². The number of nitrogens with zero attached hydrogens (tertiary/aromatic N) is 1. The lowest BCUT2D eigenvalue weighted by atomic mass is 9.85. The number of fused-ring (bicyclic) bond motifs is 1. The van der Waals surface area contributed by atoms with Gasteiger partial charge >= 0.3 is 6.18 Å². The van der Waals surface area contributed by atoms with E-state index in [9.17, 15) is 18.0 Å². The molecule has 0 saturated heterocycles. The summed E-state index contributed by atoms with van der Waals surface area (Å²) in [6.07, 6.45) is -2.03. The molecular formula is C17H22F3N2OP. The summed E-state index contributed by atoms with van der Waals surface area (Å²) in [4.78, 5) is 14.0. The average molecular weight is 358 g/mol. The Bertz CT molecular complexity index is 645. The van der Waals surface area contributed by atoms with Crippen molar-refractivity contribution < 1.29 is 18.0 Å². The highest BCUT2D eigenvalue weighted by atomic mass is 31.0. The van der Waals surface area contributed by atoms with Crippen LogP contribution in [0.15, 0.2) is 18.2 Å². The van der Waals surface area contributed by atoms with Gasteiger partial charge in [0.05, 0.1) is 11.4 Å². The second-order valence-corrected chi connectivity index (χ2v) is 7.41. The van der Waals surface area contributed by atoms with Gasteiger partial charge in [0.25, 0.3) is 5.91 Å². The first kappa shape index (κ1) is 17.5. The summed E-state index contributed by atoms with van der Waals surface area (Å²) in [5.74, 6) is -0.714. The lowest BCUT2D eigenvalue weighted by molar-refractivity contribution is -0.192. The summed E-state index contributed by atoms with van der Waals surface area (Å²) < 4.78 is 42.5. The van der Waals surface area contributed by atoms with E-state index in [1.807, 2.05) is 6.92 Å². The summed E-state index contributed by atoms with van der Waals surface area (Å²) in [6, 6.07) is 5.16. The van der Waals surface area contributed by atoms with Crippen LogP contribution in [0.1, 0.15) is 39.0 Å². The van der Waals surface area contributed by atoms with Gasteiger partial charge in [0, 0.05) is 6.54 Å². The molecule has 1 aromatic rings. The number of hydrogen-bond acceptors (Lipinski definition) is 2. The lowest BCUT2D eigenvalue weighted by Crippen LogP contribution is -2.68. The fourth-order valence-electron chi connectivity index (χ4n) is 3.35. The van der Waals surface area contributed by atoms with Crippen LogP contribution >= 0.6 is 9.24 Å². The van der Waals surface area contributed by atoms with Crippen LogP contribution < -0.4 is 15.5 Å². The number of anilines is 2. The van der Waals surface area contributed by atoms with Crippen LogP contribution in [0, 0.1) is 5.92 Å². The normalized spacial score (nSPS) is 23.9. The maximum Gasteiger partial charge on any atom is 0.420 e. The number of alkyl halides is 3. The Hall–Kier alpha value is -1.29. The molecule has 0 spiro atoms. The first-order chi connectivity index (χ1) is 11.3. The van der Waals surface area contributed by atoms with Gasteiger partial charge in [-0.25, -0.2) is 0 Å². The Morgan fingerprint density at radius 1 is 1.38 bits per heavy atom. The zero-order chi connectivity index (χ0) is 17.5. The van der Waals surface area contributed by atoms with Gasteiger partial charge in [-0.05, 0) is 42.6 Å². The number of rotatable bonds is 5. The van der Waals surface area contributed by atoms with Crippen molar-refractivity contribution in [2.45, 2.75) is 50.7 Å². The van der Waals surface area contributed by atoms with E-state index in [0.29, 0.717) is 24.2 Å². The predicted molar refractivity (Wildman–Crippen MR) is 92.8 cm³/mol. The summed E-state index contributed by atoms with van der Waals surface area (Å²) in [7, 11) is 2.51. The van der Waals surface area contributed by atoms with E-state index in [1.54, 1.807) is 18.2 Å². The van der Waals surface area contributed by atoms with Crippen LogP contribution in [0.2, 0.25) is 0 Å². The van der Waals surface area contributed by atoms with Gasteiger partial charge in [0.1, 0.15) is 0 Å². The van der Waals surface area contributed by atoms with Crippen molar-refractivity contribution in [2.75, 3.05) is 16.8 Å². The van der Waals surface area contributed by atoms with Gasteiger partial charge in [-0.2, -0.15) is 13.2 Å². The van der Waals surface area contributed by atoms with Gasteiger partial charge in [-0.1, -0.05) is 25.8 Å². The topological polar surface area (TPSA) is 32.3 Å². The van der Waals surface area contributed by atoms with Gasteiger partial charge < -0.3 is 10.2 Å². The molecule has 1 heterocycles. The van der Waals surface area contributed by atoms with Crippen molar-refractivity contribution in [3.63, 3.8) is 0 Å². The zero-order valence-electron chi connectivity index (χ0n) is 13.6. The Kier molecular flexibility index (Phi) is 4.54. The fraction of sp³-hybridized carbons (Fsp3) is 0.588. The first-order valence-electron chi connectivity index (χ1n) is 8.35. The van der Waals surface area contributed by atoms with E-state index in [2.05, 4.69) is 14.6 Å².